The zero-order valence-corrected chi connectivity index (χ0v) is 10.7. The molecule has 1 amide bonds. The smallest absolute Gasteiger partial charge is 0.263 e. The lowest BCUT2D eigenvalue weighted by molar-refractivity contribution is -0.117. The van der Waals surface area contributed by atoms with E-state index in [4.69, 9.17) is 5.26 Å². The molecule has 0 aromatic heterocycles. The van der Waals surface area contributed by atoms with Crippen LogP contribution in [0, 0.1) is 18.3 Å². The van der Waals surface area contributed by atoms with E-state index in [0.29, 0.717) is 6.54 Å². The molecule has 0 aliphatic rings. The molecule has 4 nitrogen and oxygen atoms in total. The Kier molecular flexibility index (Phi) is 5.46. The quantitative estimate of drug-likeness (QED) is 0.616. The number of nitrogens with one attached hydrogen (secondary N) is 2. The number of hydrogen-bond acceptors (Lipinski definition) is 3. The summed E-state index contributed by atoms with van der Waals surface area (Å²) in [6, 6.07) is 9.59. The number of carbonyl (C=O) groups is 1. The number of carbonyl (C=O) groups excluding carboxylic acids is 1. The van der Waals surface area contributed by atoms with E-state index in [1.807, 2.05) is 44.2 Å². The van der Waals surface area contributed by atoms with Crippen molar-refractivity contribution in [2.45, 2.75) is 20.3 Å². The van der Waals surface area contributed by atoms with Crippen molar-refractivity contribution in [3.8, 4) is 6.07 Å². The Labute approximate surface area is 107 Å². The Morgan fingerprint density at radius 2 is 2.28 bits per heavy atom. The monoisotopic (exact) mass is 243 g/mol. The largest absolute Gasteiger partial charge is 0.360 e. The predicted octanol–water partition coefficient (Wildman–Crippen LogP) is 2.34. The first kappa shape index (κ1) is 13.8. The molecule has 0 saturated heterocycles. The molecule has 0 bridgehead atoms. The number of anilines is 1. The van der Waals surface area contributed by atoms with E-state index in [9.17, 15) is 4.79 Å². The molecular formula is C14H17N3O. The van der Waals surface area contributed by atoms with Crippen LogP contribution in [0.3, 0.4) is 0 Å². The Morgan fingerprint density at radius 1 is 1.50 bits per heavy atom. The molecule has 0 saturated carbocycles. The summed E-state index contributed by atoms with van der Waals surface area (Å²) in [5, 5.41) is 14.5. The number of amides is 1. The highest BCUT2D eigenvalue weighted by atomic mass is 16.1. The molecule has 18 heavy (non-hydrogen) atoms. The Balaban J connectivity index is 2.69. The molecule has 0 fully saturated rings. The topological polar surface area (TPSA) is 64.9 Å². The second kappa shape index (κ2) is 7.13. The van der Waals surface area contributed by atoms with Gasteiger partial charge in [0.2, 0.25) is 0 Å². The summed E-state index contributed by atoms with van der Waals surface area (Å²) in [6.45, 7) is 4.51. The van der Waals surface area contributed by atoms with Crippen LogP contribution >= 0.6 is 0 Å². The van der Waals surface area contributed by atoms with Crippen molar-refractivity contribution in [1.82, 2.24) is 5.32 Å². The third kappa shape index (κ3) is 4.30. The van der Waals surface area contributed by atoms with E-state index in [0.717, 1.165) is 17.7 Å². The van der Waals surface area contributed by atoms with Crippen LogP contribution in [0.5, 0.6) is 0 Å². The van der Waals surface area contributed by atoms with Crippen molar-refractivity contribution in [3.05, 3.63) is 41.6 Å². The molecule has 1 rings (SSSR count). The van der Waals surface area contributed by atoms with E-state index < -0.39 is 0 Å². The van der Waals surface area contributed by atoms with Crippen molar-refractivity contribution < 1.29 is 4.79 Å². The molecule has 0 spiro atoms. The van der Waals surface area contributed by atoms with Gasteiger partial charge in [-0.15, -0.1) is 0 Å². The van der Waals surface area contributed by atoms with Gasteiger partial charge in [-0.2, -0.15) is 5.26 Å². The van der Waals surface area contributed by atoms with E-state index in [-0.39, 0.29) is 11.5 Å². The highest BCUT2D eigenvalue weighted by molar-refractivity contribution is 5.97. The molecule has 94 valence electrons. The minimum atomic E-state index is -0.348. The standard InChI is InChI=1S/C14H17N3O/c1-3-7-16-14(18)12(9-15)10-17-13-6-4-5-11(2)8-13/h4-6,8,10,17H,3,7H2,1-2H3,(H,16,18)/b12-10-. The molecule has 1 aromatic rings. The van der Waals surface area contributed by atoms with E-state index >= 15 is 0 Å². The Bertz CT molecular complexity index is 486. The first-order chi connectivity index (χ1) is 8.67. The molecule has 0 aliphatic carbocycles. The summed E-state index contributed by atoms with van der Waals surface area (Å²) >= 11 is 0. The van der Waals surface area contributed by atoms with Gasteiger partial charge in [0.25, 0.3) is 5.91 Å². The first-order valence-corrected chi connectivity index (χ1v) is 5.89. The van der Waals surface area contributed by atoms with Crippen molar-refractivity contribution in [1.29, 1.82) is 5.26 Å². The predicted molar refractivity (Wildman–Crippen MR) is 71.8 cm³/mol. The molecule has 0 atom stereocenters. The fourth-order valence-corrected chi connectivity index (χ4v) is 1.37. The lowest BCUT2D eigenvalue weighted by atomic mass is 10.2. The molecule has 4 heteroatoms. The summed E-state index contributed by atoms with van der Waals surface area (Å²) in [5.74, 6) is -0.348. The van der Waals surface area contributed by atoms with Gasteiger partial charge in [-0.25, -0.2) is 0 Å². The van der Waals surface area contributed by atoms with Gasteiger partial charge in [-0.1, -0.05) is 19.1 Å². The highest BCUT2D eigenvalue weighted by Crippen LogP contribution is 2.09. The minimum absolute atomic E-state index is 0.0740. The number of rotatable bonds is 5. The summed E-state index contributed by atoms with van der Waals surface area (Å²) in [7, 11) is 0. The number of aryl methyl sites for hydroxylation is 1. The van der Waals surface area contributed by atoms with Crippen LogP contribution < -0.4 is 10.6 Å². The maximum Gasteiger partial charge on any atom is 0.263 e. The maximum absolute atomic E-state index is 11.6. The third-order valence-electron chi connectivity index (χ3n) is 2.30. The Morgan fingerprint density at radius 3 is 2.89 bits per heavy atom. The SMILES string of the molecule is CCCNC(=O)/C(C#N)=C\Nc1cccc(C)c1. The van der Waals surface area contributed by atoms with Gasteiger partial charge in [0, 0.05) is 18.4 Å². The second-order valence-corrected chi connectivity index (χ2v) is 3.94. The van der Waals surface area contributed by atoms with Crippen molar-refractivity contribution >= 4 is 11.6 Å². The van der Waals surface area contributed by atoms with E-state index in [2.05, 4.69) is 10.6 Å². The van der Waals surface area contributed by atoms with Crippen molar-refractivity contribution in [3.63, 3.8) is 0 Å². The zero-order valence-electron chi connectivity index (χ0n) is 10.7. The van der Waals surface area contributed by atoms with Crippen molar-refractivity contribution in [2.24, 2.45) is 0 Å². The van der Waals surface area contributed by atoms with Gasteiger partial charge in [0.1, 0.15) is 11.6 Å². The first-order valence-electron chi connectivity index (χ1n) is 5.89. The summed E-state index contributed by atoms with van der Waals surface area (Å²) in [5.41, 5.74) is 2.04. The maximum atomic E-state index is 11.6. The third-order valence-corrected chi connectivity index (χ3v) is 2.30. The molecule has 0 aliphatic heterocycles. The van der Waals surface area contributed by atoms with Crippen LogP contribution in [0.15, 0.2) is 36.0 Å². The van der Waals surface area contributed by atoms with E-state index in [1.54, 1.807) is 0 Å². The van der Waals surface area contributed by atoms with Gasteiger partial charge in [0.15, 0.2) is 0 Å². The fraction of sp³-hybridized carbons (Fsp3) is 0.286. The van der Waals surface area contributed by atoms with Crippen LogP contribution in [-0.4, -0.2) is 12.5 Å². The average Bonchev–Trinajstić information content (AvgIpc) is 2.37. The molecule has 0 radical (unpaired) electrons. The lowest BCUT2D eigenvalue weighted by Gasteiger charge is -2.04. The van der Waals surface area contributed by atoms with Gasteiger partial charge in [-0.3, -0.25) is 4.79 Å². The summed E-state index contributed by atoms with van der Waals surface area (Å²) in [6.07, 6.45) is 2.27. The number of hydrogen-bond donors (Lipinski definition) is 2. The van der Waals surface area contributed by atoms with Crippen molar-refractivity contribution in [2.75, 3.05) is 11.9 Å². The van der Waals surface area contributed by atoms with Gasteiger partial charge in [-0.05, 0) is 31.0 Å². The van der Waals surface area contributed by atoms with Crippen LogP contribution in [0.1, 0.15) is 18.9 Å². The van der Waals surface area contributed by atoms with Crippen LogP contribution in [0.2, 0.25) is 0 Å². The number of nitriles is 1. The molecule has 0 unspecified atom stereocenters. The van der Waals surface area contributed by atoms with Gasteiger partial charge in [0.05, 0.1) is 0 Å². The number of nitrogens with zero attached hydrogens (tertiary/aromatic N) is 1. The second-order valence-electron chi connectivity index (χ2n) is 3.94. The Hall–Kier alpha value is -2.28. The molecule has 1 aromatic carbocycles. The normalized spacial score (nSPS) is 10.6. The van der Waals surface area contributed by atoms with Crippen LogP contribution in [0.4, 0.5) is 5.69 Å². The fourth-order valence-electron chi connectivity index (χ4n) is 1.37. The lowest BCUT2D eigenvalue weighted by Crippen LogP contribution is -2.25. The van der Waals surface area contributed by atoms with Gasteiger partial charge < -0.3 is 10.6 Å². The summed E-state index contributed by atoms with van der Waals surface area (Å²) < 4.78 is 0. The van der Waals surface area contributed by atoms with E-state index in [1.165, 1.54) is 6.20 Å². The van der Waals surface area contributed by atoms with Crippen LogP contribution in [0.25, 0.3) is 0 Å². The zero-order chi connectivity index (χ0) is 13.4. The average molecular weight is 243 g/mol. The van der Waals surface area contributed by atoms with Crippen LogP contribution in [-0.2, 0) is 4.79 Å². The highest BCUT2D eigenvalue weighted by Gasteiger charge is 2.06. The number of benzene rings is 1. The minimum Gasteiger partial charge on any atom is -0.360 e. The van der Waals surface area contributed by atoms with Gasteiger partial charge >= 0.3 is 0 Å². The molecular weight excluding hydrogens is 226 g/mol. The molecule has 2 N–H and O–H groups in total. The summed E-state index contributed by atoms with van der Waals surface area (Å²) in [4.78, 5) is 11.6. The molecule has 0 heterocycles.